The first-order valence-electron chi connectivity index (χ1n) is 7.18. The number of carbonyl (C=O) groups is 1. The summed E-state index contributed by atoms with van der Waals surface area (Å²) in [5.41, 5.74) is 2.24. The van der Waals surface area contributed by atoms with Crippen LogP contribution in [0.5, 0.6) is 0 Å². The zero-order valence-corrected chi connectivity index (χ0v) is 12.6. The number of aromatic nitrogens is 2. The number of ether oxygens (including phenoxy) is 1. The largest absolute Gasteiger partial charge is 0.461 e. The molecule has 1 saturated carbocycles. The van der Waals surface area contributed by atoms with Crippen molar-refractivity contribution in [1.82, 2.24) is 9.78 Å². The Balaban J connectivity index is 1.93. The van der Waals surface area contributed by atoms with Gasteiger partial charge in [0.1, 0.15) is 5.69 Å². The molecule has 1 fully saturated rings. The van der Waals surface area contributed by atoms with Crippen molar-refractivity contribution in [2.45, 2.75) is 26.3 Å². The molecule has 0 bridgehead atoms. The Morgan fingerprint density at radius 3 is 2.71 bits per heavy atom. The zero-order chi connectivity index (χ0) is 14.8. The highest BCUT2D eigenvalue weighted by atomic mass is 35.5. The smallest absolute Gasteiger partial charge is 0.356 e. The lowest BCUT2D eigenvalue weighted by atomic mass is 10.1. The summed E-state index contributed by atoms with van der Waals surface area (Å²) in [4.78, 5) is 12.1. The van der Waals surface area contributed by atoms with Crippen LogP contribution < -0.4 is 0 Å². The Morgan fingerprint density at radius 2 is 2.10 bits per heavy atom. The highest BCUT2D eigenvalue weighted by molar-refractivity contribution is 6.30. The maximum Gasteiger partial charge on any atom is 0.356 e. The minimum Gasteiger partial charge on any atom is -0.461 e. The standard InChI is InChI=1S/C16H17ClN2O2/c1-2-21-16(20)15-9-14(12-5-7-13(17)8-6-12)18-19(15)10-11-3-4-11/h5-9,11H,2-4,10H2,1H3. The van der Waals surface area contributed by atoms with E-state index in [-0.39, 0.29) is 5.97 Å². The Hall–Kier alpha value is -1.81. The van der Waals surface area contributed by atoms with Crippen LogP contribution in [0.2, 0.25) is 5.02 Å². The van der Waals surface area contributed by atoms with E-state index in [0.29, 0.717) is 23.2 Å². The third kappa shape index (κ3) is 3.27. The number of hydrogen-bond donors (Lipinski definition) is 0. The van der Waals surface area contributed by atoms with Gasteiger partial charge in [0.15, 0.2) is 0 Å². The molecule has 110 valence electrons. The summed E-state index contributed by atoms with van der Waals surface area (Å²) < 4.78 is 6.90. The average Bonchev–Trinajstić information content (AvgIpc) is 3.18. The molecule has 0 saturated heterocycles. The van der Waals surface area contributed by atoms with E-state index in [0.717, 1.165) is 17.8 Å². The molecular weight excluding hydrogens is 288 g/mol. The molecule has 1 aromatic carbocycles. The lowest BCUT2D eigenvalue weighted by molar-refractivity contribution is 0.0511. The molecule has 5 heteroatoms. The topological polar surface area (TPSA) is 44.1 Å². The van der Waals surface area contributed by atoms with E-state index in [1.807, 2.05) is 24.3 Å². The van der Waals surface area contributed by atoms with E-state index in [2.05, 4.69) is 5.10 Å². The Labute approximate surface area is 128 Å². The van der Waals surface area contributed by atoms with Crippen molar-refractivity contribution in [2.75, 3.05) is 6.61 Å². The monoisotopic (exact) mass is 304 g/mol. The van der Waals surface area contributed by atoms with Gasteiger partial charge in [-0.05, 0) is 43.9 Å². The lowest BCUT2D eigenvalue weighted by Gasteiger charge is -2.05. The molecule has 0 amide bonds. The van der Waals surface area contributed by atoms with Crippen molar-refractivity contribution in [3.63, 3.8) is 0 Å². The molecular formula is C16H17ClN2O2. The molecule has 3 rings (SSSR count). The SMILES string of the molecule is CCOC(=O)c1cc(-c2ccc(Cl)cc2)nn1CC1CC1. The predicted molar refractivity (Wildman–Crippen MR) is 81.4 cm³/mol. The molecule has 1 aromatic heterocycles. The second-order valence-corrected chi connectivity index (χ2v) is 5.70. The van der Waals surface area contributed by atoms with Gasteiger partial charge in [-0.25, -0.2) is 4.79 Å². The molecule has 4 nitrogen and oxygen atoms in total. The van der Waals surface area contributed by atoms with E-state index in [1.54, 1.807) is 17.7 Å². The molecule has 2 aromatic rings. The van der Waals surface area contributed by atoms with E-state index in [4.69, 9.17) is 16.3 Å². The van der Waals surface area contributed by atoms with Crippen molar-refractivity contribution >= 4 is 17.6 Å². The molecule has 0 atom stereocenters. The molecule has 0 unspecified atom stereocenters. The van der Waals surface area contributed by atoms with Crippen LogP contribution in [0.15, 0.2) is 30.3 Å². The molecule has 0 radical (unpaired) electrons. The van der Waals surface area contributed by atoms with E-state index in [9.17, 15) is 4.79 Å². The molecule has 1 aliphatic rings. The molecule has 21 heavy (non-hydrogen) atoms. The molecule has 1 heterocycles. The number of nitrogens with zero attached hydrogens (tertiary/aromatic N) is 2. The van der Waals surface area contributed by atoms with Gasteiger partial charge in [-0.15, -0.1) is 0 Å². The van der Waals surface area contributed by atoms with Gasteiger partial charge in [-0.2, -0.15) is 5.10 Å². The first-order valence-corrected chi connectivity index (χ1v) is 7.56. The Bertz CT molecular complexity index is 645. The predicted octanol–water partition coefficient (Wildman–Crippen LogP) is 3.79. The fraction of sp³-hybridized carbons (Fsp3) is 0.375. The van der Waals surface area contributed by atoms with Crippen LogP contribution in [0.3, 0.4) is 0 Å². The summed E-state index contributed by atoms with van der Waals surface area (Å²) in [6.45, 7) is 2.95. The summed E-state index contributed by atoms with van der Waals surface area (Å²) in [7, 11) is 0. The Morgan fingerprint density at radius 1 is 1.38 bits per heavy atom. The van der Waals surface area contributed by atoms with Crippen LogP contribution in [0.1, 0.15) is 30.3 Å². The van der Waals surface area contributed by atoms with Crippen LogP contribution in [-0.4, -0.2) is 22.4 Å². The van der Waals surface area contributed by atoms with Crippen molar-refractivity contribution in [3.8, 4) is 11.3 Å². The normalized spacial score (nSPS) is 14.2. The minimum absolute atomic E-state index is 0.314. The van der Waals surface area contributed by atoms with Gasteiger partial charge in [0, 0.05) is 17.1 Å². The summed E-state index contributed by atoms with van der Waals surface area (Å²) in [6, 6.07) is 9.24. The third-order valence-electron chi connectivity index (χ3n) is 3.53. The van der Waals surface area contributed by atoms with Crippen LogP contribution >= 0.6 is 11.6 Å². The number of esters is 1. The highest BCUT2D eigenvalue weighted by Gasteiger charge is 2.26. The summed E-state index contributed by atoms with van der Waals surface area (Å²) in [5.74, 6) is 0.321. The van der Waals surface area contributed by atoms with Crippen molar-refractivity contribution < 1.29 is 9.53 Å². The van der Waals surface area contributed by atoms with Crippen LogP contribution in [-0.2, 0) is 11.3 Å². The van der Waals surface area contributed by atoms with Crippen LogP contribution in [0.4, 0.5) is 0 Å². The lowest BCUT2D eigenvalue weighted by Crippen LogP contribution is -2.14. The number of halogens is 1. The van der Waals surface area contributed by atoms with Gasteiger partial charge < -0.3 is 4.74 Å². The number of hydrogen-bond acceptors (Lipinski definition) is 3. The van der Waals surface area contributed by atoms with Crippen molar-refractivity contribution in [1.29, 1.82) is 0 Å². The summed E-state index contributed by atoms with van der Waals surface area (Å²) in [6.07, 6.45) is 2.41. The van der Waals surface area contributed by atoms with Gasteiger partial charge in [0.05, 0.1) is 12.3 Å². The first-order chi connectivity index (χ1) is 10.2. The highest BCUT2D eigenvalue weighted by Crippen LogP contribution is 2.31. The quantitative estimate of drug-likeness (QED) is 0.789. The zero-order valence-electron chi connectivity index (χ0n) is 11.9. The number of rotatable bonds is 5. The minimum atomic E-state index is -0.314. The van der Waals surface area contributed by atoms with Crippen LogP contribution in [0.25, 0.3) is 11.3 Å². The fourth-order valence-electron chi connectivity index (χ4n) is 2.23. The van der Waals surface area contributed by atoms with Gasteiger partial charge in [-0.3, -0.25) is 4.68 Å². The maximum atomic E-state index is 12.1. The average molecular weight is 305 g/mol. The molecule has 1 aliphatic carbocycles. The summed E-state index contributed by atoms with van der Waals surface area (Å²) in [5, 5.41) is 5.25. The van der Waals surface area contributed by atoms with Crippen molar-refractivity contribution in [3.05, 3.63) is 41.0 Å². The second-order valence-electron chi connectivity index (χ2n) is 5.27. The van der Waals surface area contributed by atoms with E-state index < -0.39 is 0 Å². The molecule has 0 N–H and O–H groups in total. The fourth-order valence-corrected chi connectivity index (χ4v) is 2.36. The summed E-state index contributed by atoms with van der Waals surface area (Å²) >= 11 is 5.90. The van der Waals surface area contributed by atoms with Gasteiger partial charge in [0.2, 0.25) is 0 Å². The molecule has 0 spiro atoms. The van der Waals surface area contributed by atoms with E-state index in [1.165, 1.54) is 12.8 Å². The van der Waals surface area contributed by atoms with Crippen LogP contribution in [0, 0.1) is 5.92 Å². The maximum absolute atomic E-state index is 12.1. The van der Waals surface area contributed by atoms with Gasteiger partial charge >= 0.3 is 5.97 Å². The van der Waals surface area contributed by atoms with E-state index >= 15 is 0 Å². The molecule has 0 aliphatic heterocycles. The van der Waals surface area contributed by atoms with Gasteiger partial charge in [-0.1, -0.05) is 23.7 Å². The number of benzene rings is 1. The number of carbonyl (C=O) groups excluding carboxylic acids is 1. The second kappa shape index (κ2) is 5.90. The Kier molecular flexibility index (Phi) is 3.97. The van der Waals surface area contributed by atoms with Crippen molar-refractivity contribution in [2.24, 2.45) is 5.92 Å². The van der Waals surface area contributed by atoms with Gasteiger partial charge in [0.25, 0.3) is 0 Å². The first kappa shape index (κ1) is 14.1. The third-order valence-corrected chi connectivity index (χ3v) is 3.78.